The molecule has 1 aromatic carbocycles. The number of hydrogen-bond donors (Lipinski definition) is 2. The molecule has 192 valence electrons. The maximum atomic E-state index is 13.6. The highest BCUT2D eigenvalue weighted by molar-refractivity contribution is 5.94. The van der Waals surface area contributed by atoms with Crippen LogP contribution in [0.2, 0.25) is 0 Å². The van der Waals surface area contributed by atoms with Gasteiger partial charge in [0.25, 0.3) is 17.9 Å². The number of benzene rings is 1. The molecule has 0 bridgehead atoms. The van der Waals surface area contributed by atoms with Crippen molar-refractivity contribution in [2.45, 2.75) is 19.5 Å². The molecule has 4 aromatic heterocycles. The van der Waals surface area contributed by atoms with Gasteiger partial charge in [-0.2, -0.15) is 0 Å². The number of hydrogen-bond acceptors (Lipinski definition) is 4. The average molecular weight is 521 g/mol. The second kappa shape index (κ2) is 10.3. The van der Waals surface area contributed by atoms with E-state index >= 15 is 0 Å². The van der Waals surface area contributed by atoms with E-state index in [1.54, 1.807) is 30.6 Å². The molecule has 0 saturated carbocycles. The maximum Gasteiger partial charge on any atom is 0.280 e. The predicted molar refractivity (Wildman–Crippen MR) is 132 cm³/mol. The van der Waals surface area contributed by atoms with Crippen LogP contribution in [0.15, 0.2) is 78.0 Å². The van der Waals surface area contributed by atoms with Crippen LogP contribution in [0.4, 0.5) is 17.6 Å². The van der Waals surface area contributed by atoms with Crippen LogP contribution in [0.25, 0.3) is 22.2 Å². The fourth-order valence-corrected chi connectivity index (χ4v) is 4.10. The van der Waals surface area contributed by atoms with Crippen LogP contribution in [-0.4, -0.2) is 25.4 Å². The number of alkyl halides is 2. The third-order valence-corrected chi connectivity index (χ3v) is 5.92. The van der Waals surface area contributed by atoms with E-state index in [9.17, 15) is 27.2 Å². The molecule has 38 heavy (non-hydrogen) atoms. The zero-order valence-electron chi connectivity index (χ0n) is 19.6. The first-order valence-electron chi connectivity index (χ1n) is 11.4. The summed E-state index contributed by atoms with van der Waals surface area (Å²) in [5.41, 5.74) is 0.883. The summed E-state index contributed by atoms with van der Waals surface area (Å²) in [4.78, 5) is 36.9. The van der Waals surface area contributed by atoms with Crippen LogP contribution >= 0.6 is 0 Å². The molecular formula is C27H19F4N5O2. The Morgan fingerprint density at radius 3 is 2.68 bits per heavy atom. The zero-order chi connectivity index (χ0) is 26.8. The number of nitrogens with zero attached hydrogens (tertiary/aromatic N) is 3. The van der Waals surface area contributed by atoms with Crippen molar-refractivity contribution < 1.29 is 22.4 Å². The van der Waals surface area contributed by atoms with Crippen molar-refractivity contribution in [3.05, 3.63) is 118 Å². The van der Waals surface area contributed by atoms with Crippen molar-refractivity contribution in [1.82, 2.24) is 24.8 Å². The van der Waals surface area contributed by atoms with Gasteiger partial charge in [0.15, 0.2) is 11.6 Å². The highest BCUT2D eigenvalue weighted by Gasteiger charge is 2.17. The maximum absolute atomic E-state index is 13.6. The van der Waals surface area contributed by atoms with E-state index in [0.717, 1.165) is 17.5 Å². The number of halogens is 4. The van der Waals surface area contributed by atoms with Crippen molar-refractivity contribution >= 4 is 16.9 Å². The highest BCUT2D eigenvalue weighted by atomic mass is 19.3. The molecule has 0 radical (unpaired) electrons. The normalized spacial score (nSPS) is 11.3. The highest BCUT2D eigenvalue weighted by Crippen LogP contribution is 2.30. The SMILES string of the molecule is O=C(NCc1cc(-c2c[nH]c3ncccc23)cc(C(F)F)n1)c1cccn(Cc2ccc(F)c(F)c2)c1=O. The minimum atomic E-state index is -2.84. The average Bonchev–Trinajstić information content (AvgIpc) is 3.35. The Bertz CT molecular complexity index is 1710. The number of carbonyl (C=O) groups excluding carboxylic acids is 1. The third-order valence-electron chi connectivity index (χ3n) is 5.92. The lowest BCUT2D eigenvalue weighted by Gasteiger charge is -2.11. The summed E-state index contributed by atoms with van der Waals surface area (Å²) in [6.07, 6.45) is 1.83. The monoisotopic (exact) mass is 521 g/mol. The van der Waals surface area contributed by atoms with E-state index in [1.807, 2.05) is 0 Å². The van der Waals surface area contributed by atoms with Gasteiger partial charge < -0.3 is 14.9 Å². The van der Waals surface area contributed by atoms with E-state index in [-0.39, 0.29) is 24.3 Å². The van der Waals surface area contributed by atoms with Gasteiger partial charge in [0, 0.05) is 29.5 Å². The zero-order valence-corrected chi connectivity index (χ0v) is 19.6. The first kappa shape index (κ1) is 24.9. The molecule has 0 fully saturated rings. The second-order valence-electron chi connectivity index (χ2n) is 8.46. The summed E-state index contributed by atoms with van der Waals surface area (Å²) >= 11 is 0. The molecule has 11 heteroatoms. The molecule has 0 saturated heterocycles. The molecule has 4 heterocycles. The first-order chi connectivity index (χ1) is 18.3. The Labute approximate surface area is 212 Å². The molecule has 0 aliphatic rings. The molecular weight excluding hydrogens is 502 g/mol. The lowest BCUT2D eigenvalue weighted by molar-refractivity contribution is 0.0948. The third kappa shape index (κ3) is 5.03. The predicted octanol–water partition coefficient (Wildman–Crippen LogP) is 4.98. The Kier molecular flexibility index (Phi) is 6.73. The fourth-order valence-electron chi connectivity index (χ4n) is 4.10. The first-order valence-corrected chi connectivity index (χ1v) is 11.4. The molecule has 0 unspecified atom stereocenters. The molecule has 2 N–H and O–H groups in total. The fraction of sp³-hybridized carbons (Fsp3) is 0.111. The van der Waals surface area contributed by atoms with Crippen molar-refractivity contribution in [3.8, 4) is 11.1 Å². The molecule has 0 spiro atoms. The lowest BCUT2D eigenvalue weighted by Crippen LogP contribution is -2.33. The van der Waals surface area contributed by atoms with E-state index < -0.39 is 35.2 Å². The number of nitrogens with one attached hydrogen (secondary N) is 2. The quantitative estimate of drug-likeness (QED) is 0.296. The Morgan fingerprint density at radius 1 is 1.05 bits per heavy atom. The van der Waals surface area contributed by atoms with Crippen LogP contribution in [-0.2, 0) is 13.1 Å². The van der Waals surface area contributed by atoms with Gasteiger partial charge in [-0.3, -0.25) is 9.59 Å². The van der Waals surface area contributed by atoms with Crippen molar-refractivity contribution in [2.24, 2.45) is 0 Å². The standard InChI is InChI=1S/C27H19F4N5O2/c28-21-6-5-15(9-22(21)29)14-36-8-2-4-19(27(36)38)26(37)34-12-17-10-16(11-23(35-17)24(30)31)20-13-33-25-18(20)3-1-7-32-25/h1-11,13,24H,12,14H2,(H,32,33)(H,34,37). The number of fused-ring (bicyclic) bond motifs is 1. The van der Waals surface area contributed by atoms with Crippen LogP contribution < -0.4 is 10.9 Å². The van der Waals surface area contributed by atoms with Crippen LogP contribution in [0.1, 0.15) is 33.7 Å². The van der Waals surface area contributed by atoms with Gasteiger partial charge in [-0.25, -0.2) is 27.5 Å². The van der Waals surface area contributed by atoms with Crippen LogP contribution in [0.5, 0.6) is 0 Å². The smallest absolute Gasteiger partial charge is 0.280 e. The van der Waals surface area contributed by atoms with Gasteiger partial charge in [-0.15, -0.1) is 0 Å². The lowest BCUT2D eigenvalue weighted by atomic mass is 10.0. The number of H-pyrrole nitrogens is 1. The molecule has 5 rings (SSSR count). The number of amides is 1. The summed E-state index contributed by atoms with van der Waals surface area (Å²) in [6, 6.07) is 12.4. The molecule has 7 nitrogen and oxygen atoms in total. The Hall–Kier alpha value is -4.80. The minimum Gasteiger partial charge on any atom is -0.346 e. The van der Waals surface area contributed by atoms with Crippen LogP contribution in [0, 0.1) is 11.6 Å². The van der Waals surface area contributed by atoms with E-state index in [0.29, 0.717) is 22.3 Å². The number of aromatic nitrogens is 4. The molecule has 1 amide bonds. The summed E-state index contributed by atoms with van der Waals surface area (Å²) < 4.78 is 55.2. The molecule has 0 atom stereocenters. The van der Waals surface area contributed by atoms with Crippen molar-refractivity contribution in [3.63, 3.8) is 0 Å². The van der Waals surface area contributed by atoms with Gasteiger partial charge in [0.05, 0.1) is 18.8 Å². The van der Waals surface area contributed by atoms with Gasteiger partial charge in [0.1, 0.15) is 16.9 Å². The largest absolute Gasteiger partial charge is 0.346 e. The number of pyridine rings is 3. The topological polar surface area (TPSA) is 92.7 Å². The number of carbonyl (C=O) groups is 1. The van der Waals surface area contributed by atoms with Gasteiger partial charge in [0.2, 0.25) is 0 Å². The summed E-state index contributed by atoms with van der Waals surface area (Å²) in [7, 11) is 0. The molecule has 0 aliphatic carbocycles. The Morgan fingerprint density at radius 2 is 1.89 bits per heavy atom. The summed E-state index contributed by atoms with van der Waals surface area (Å²) in [5, 5.41) is 3.29. The second-order valence-corrected chi connectivity index (χ2v) is 8.46. The minimum absolute atomic E-state index is 0.0853. The van der Waals surface area contributed by atoms with Gasteiger partial charge in [-0.1, -0.05) is 6.07 Å². The van der Waals surface area contributed by atoms with Crippen molar-refractivity contribution in [2.75, 3.05) is 0 Å². The summed E-state index contributed by atoms with van der Waals surface area (Å²) in [5.74, 6) is -2.80. The van der Waals surface area contributed by atoms with Crippen molar-refractivity contribution in [1.29, 1.82) is 0 Å². The van der Waals surface area contributed by atoms with E-state index in [4.69, 9.17) is 0 Å². The van der Waals surface area contributed by atoms with E-state index in [1.165, 1.54) is 35.0 Å². The number of aromatic amines is 1. The summed E-state index contributed by atoms with van der Waals surface area (Å²) in [6.45, 7) is -0.303. The van der Waals surface area contributed by atoms with Gasteiger partial charge in [-0.05, 0) is 59.7 Å². The Balaban J connectivity index is 1.38. The van der Waals surface area contributed by atoms with E-state index in [2.05, 4.69) is 20.3 Å². The molecule has 5 aromatic rings. The number of rotatable bonds is 7. The van der Waals surface area contributed by atoms with Gasteiger partial charge >= 0.3 is 0 Å². The van der Waals surface area contributed by atoms with Crippen LogP contribution in [0.3, 0.4) is 0 Å². The molecule has 0 aliphatic heterocycles.